The van der Waals surface area contributed by atoms with E-state index in [1.54, 1.807) is 11.0 Å². The Kier molecular flexibility index (Phi) is 5.22. The van der Waals surface area contributed by atoms with E-state index in [0.717, 1.165) is 31.0 Å². The zero-order valence-corrected chi connectivity index (χ0v) is 18.0. The van der Waals surface area contributed by atoms with Crippen molar-refractivity contribution in [1.29, 1.82) is 0 Å². The molecule has 0 bridgehead atoms. The monoisotopic (exact) mass is 441 g/mol. The van der Waals surface area contributed by atoms with Crippen LogP contribution in [-0.2, 0) is 17.8 Å². The summed E-state index contributed by atoms with van der Waals surface area (Å²) in [7, 11) is 0. The minimum atomic E-state index is -0.883. The van der Waals surface area contributed by atoms with E-state index in [4.69, 9.17) is 16.6 Å². The van der Waals surface area contributed by atoms with Crippen molar-refractivity contribution in [2.75, 3.05) is 19.6 Å². The molecule has 1 N–H and O–H groups in total. The van der Waals surface area contributed by atoms with Gasteiger partial charge in [0.1, 0.15) is 11.7 Å². The number of benzene rings is 2. The largest absolute Gasteiger partial charge is 0.389 e. The number of likely N-dealkylation sites (tertiary alicyclic amines) is 1. The van der Waals surface area contributed by atoms with Gasteiger partial charge in [0.25, 0.3) is 0 Å². The van der Waals surface area contributed by atoms with E-state index in [0.29, 0.717) is 25.9 Å². The van der Waals surface area contributed by atoms with E-state index in [9.17, 15) is 14.3 Å². The van der Waals surface area contributed by atoms with Crippen molar-refractivity contribution in [3.05, 3.63) is 64.4 Å². The summed E-state index contributed by atoms with van der Waals surface area (Å²) in [5, 5.41) is 11.8. The fourth-order valence-electron chi connectivity index (χ4n) is 5.11. The Morgan fingerprint density at radius 1 is 1.16 bits per heavy atom. The maximum Gasteiger partial charge on any atom is 0.227 e. The van der Waals surface area contributed by atoms with Crippen LogP contribution in [0.2, 0.25) is 5.02 Å². The Hall–Kier alpha value is -2.44. The lowest BCUT2D eigenvalue weighted by Crippen LogP contribution is -2.52. The highest BCUT2D eigenvalue weighted by Gasteiger charge is 2.47. The molecule has 2 saturated heterocycles. The van der Waals surface area contributed by atoms with Crippen LogP contribution >= 0.6 is 11.6 Å². The van der Waals surface area contributed by atoms with Gasteiger partial charge in [0.2, 0.25) is 5.91 Å². The number of amidine groups is 1. The van der Waals surface area contributed by atoms with E-state index < -0.39 is 11.4 Å². The zero-order valence-electron chi connectivity index (χ0n) is 17.2. The molecule has 0 spiro atoms. The van der Waals surface area contributed by atoms with Crippen LogP contribution in [0.25, 0.3) is 0 Å². The summed E-state index contributed by atoms with van der Waals surface area (Å²) >= 11 is 6.08. The lowest BCUT2D eigenvalue weighted by molar-refractivity contribution is -0.135. The van der Waals surface area contributed by atoms with Crippen molar-refractivity contribution in [2.24, 2.45) is 10.9 Å². The van der Waals surface area contributed by atoms with Crippen LogP contribution in [0.5, 0.6) is 0 Å². The second-order valence-corrected chi connectivity index (χ2v) is 9.13. The summed E-state index contributed by atoms with van der Waals surface area (Å²) in [6.07, 6.45) is 1.78. The van der Waals surface area contributed by atoms with E-state index >= 15 is 0 Å². The number of para-hydroxylation sites is 1. The minimum Gasteiger partial charge on any atom is -0.389 e. The number of halogens is 2. The molecule has 2 aromatic rings. The molecule has 2 aromatic carbocycles. The molecule has 1 atom stereocenters. The Morgan fingerprint density at radius 3 is 2.71 bits per heavy atom. The van der Waals surface area contributed by atoms with Crippen LogP contribution in [0.4, 0.5) is 10.1 Å². The highest BCUT2D eigenvalue weighted by atomic mass is 35.5. The summed E-state index contributed by atoms with van der Waals surface area (Å²) < 4.78 is 14.1. The molecule has 7 heteroatoms. The molecule has 2 fully saturated rings. The topological polar surface area (TPSA) is 56.1 Å². The quantitative estimate of drug-likeness (QED) is 0.784. The van der Waals surface area contributed by atoms with Crippen LogP contribution in [0.3, 0.4) is 0 Å². The van der Waals surface area contributed by atoms with E-state index in [-0.39, 0.29) is 28.8 Å². The van der Waals surface area contributed by atoms with Crippen LogP contribution in [0.15, 0.2) is 47.5 Å². The number of hydrogen-bond acceptors (Lipinski definition) is 4. The standard InChI is InChI=1S/C24H25ClFN3O2/c25-19-5-3-6-20(26)17(19)14-22(30)28-12-9-24(31,10-13-28)18-8-11-29-15-16-4-1-2-7-21(16)27-23(18)29/h1-7,18,31H,8-15H2. The summed E-state index contributed by atoms with van der Waals surface area (Å²) in [5.74, 6) is 0.320. The molecule has 3 aliphatic rings. The molecular formula is C24H25ClFN3O2. The van der Waals surface area contributed by atoms with Gasteiger partial charge in [-0.25, -0.2) is 9.38 Å². The van der Waals surface area contributed by atoms with E-state index in [2.05, 4.69) is 11.0 Å². The van der Waals surface area contributed by atoms with Gasteiger partial charge < -0.3 is 14.9 Å². The Balaban J connectivity index is 1.28. The molecule has 5 nitrogen and oxygen atoms in total. The molecular weight excluding hydrogens is 417 g/mol. The van der Waals surface area contributed by atoms with Gasteiger partial charge in [0, 0.05) is 42.7 Å². The molecule has 31 heavy (non-hydrogen) atoms. The first-order valence-corrected chi connectivity index (χ1v) is 11.2. The lowest BCUT2D eigenvalue weighted by Gasteiger charge is -2.42. The van der Waals surface area contributed by atoms with Crippen LogP contribution in [-0.4, -0.2) is 51.9 Å². The van der Waals surface area contributed by atoms with Gasteiger partial charge in [0.05, 0.1) is 17.7 Å². The van der Waals surface area contributed by atoms with Gasteiger partial charge in [-0.15, -0.1) is 0 Å². The number of carbonyl (C=O) groups is 1. The highest BCUT2D eigenvalue weighted by molar-refractivity contribution is 6.31. The number of carbonyl (C=O) groups excluding carboxylic acids is 1. The fraction of sp³-hybridized carbons (Fsp3) is 0.417. The molecule has 162 valence electrons. The predicted molar refractivity (Wildman–Crippen MR) is 118 cm³/mol. The fourth-order valence-corrected chi connectivity index (χ4v) is 5.34. The molecule has 3 heterocycles. The van der Waals surface area contributed by atoms with Crippen molar-refractivity contribution >= 4 is 29.0 Å². The van der Waals surface area contributed by atoms with Crippen LogP contribution in [0, 0.1) is 11.7 Å². The maximum atomic E-state index is 14.1. The average Bonchev–Trinajstić information content (AvgIpc) is 3.19. The Labute approximate surface area is 186 Å². The molecule has 5 rings (SSSR count). The normalized spacial score (nSPS) is 22.0. The number of piperidine rings is 1. The second-order valence-electron chi connectivity index (χ2n) is 8.72. The number of nitrogens with zero attached hydrogens (tertiary/aromatic N) is 3. The summed E-state index contributed by atoms with van der Waals surface area (Å²) in [6, 6.07) is 12.6. The maximum absolute atomic E-state index is 14.1. The number of rotatable bonds is 3. The van der Waals surface area contributed by atoms with Crippen LogP contribution in [0.1, 0.15) is 30.4 Å². The number of fused-ring (bicyclic) bond motifs is 2. The molecule has 0 saturated carbocycles. The molecule has 0 aliphatic carbocycles. The highest BCUT2D eigenvalue weighted by Crippen LogP contribution is 2.41. The zero-order chi connectivity index (χ0) is 21.6. The number of aliphatic imine (C=N–C) groups is 1. The molecule has 1 amide bonds. The summed E-state index contributed by atoms with van der Waals surface area (Å²) in [5.41, 5.74) is 1.55. The first-order chi connectivity index (χ1) is 14.9. The summed E-state index contributed by atoms with van der Waals surface area (Å²) in [4.78, 5) is 21.6. The van der Waals surface area contributed by atoms with Gasteiger partial charge in [-0.05, 0) is 43.0 Å². The van der Waals surface area contributed by atoms with Crippen molar-refractivity contribution in [3.63, 3.8) is 0 Å². The first-order valence-electron chi connectivity index (χ1n) is 10.8. The first kappa shape index (κ1) is 20.5. The SMILES string of the molecule is O=C(Cc1c(F)cccc1Cl)N1CCC(O)(C2CCN3Cc4ccccc4N=C23)CC1. The second kappa shape index (κ2) is 7.92. The van der Waals surface area contributed by atoms with E-state index in [1.807, 2.05) is 18.2 Å². The number of hydrogen-bond donors (Lipinski definition) is 1. The van der Waals surface area contributed by atoms with Gasteiger partial charge in [-0.2, -0.15) is 0 Å². The van der Waals surface area contributed by atoms with Gasteiger partial charge in [0.15, 0.2) is 0 Å². The Bertz CT molecular complexity index is 1030. The molecule has 3 aliphatic heterocycles. The average molecular weight is 442 g/mol. The van der Waals surface area contributed by atoms with Crippen LogP contribution < -0.4 is 0 Å². The molecule has 0 aromatic heterocycles. The van der Waals surface area contributed by atoms with Crippen molar-refractivity contribution in [2.45, 2.75) is 37.8 Å². The van der Waals surface area contributed by atoms with Crippen molar-refractivity contribution in [3.8, 4) is 0 Å². The number of amides is 1. The third-order valence-corrected chi connectivity index (χ3v) is 7.29. The predicted octanol–water partition coefficient (Wildman–Crippen LogP) is 3.94. The molecule has 1 unspecified atom stereocenters. The Morgan fingerprint density at radius 2 is 1.94 bits per heavy atom. The lowest BCUT2D eigenvalue weighted by atomic mass is 9.78. The summed E-state index contributed by atoms with van der Waals surface area (Å²) in [6.45, 7) is 2.60. The van der Waals surface area contributed by atoms with Gasteiger partial charge >= 0.3 is 0 Å². The van der Waals surface area contributed by atoms with E-state index in [1.165, 1.54) is 17.7 Å². The third-order valence-electron chi connectivity index (χ3n) is 6.93. The number of aliphatic hydroxyl groups is 1. The van der Waals surface area contributed by atoms with Crippen molar-refractivity contribution in [1.82, 2.24) is 9.80 Å². The molecule has 0 radical (unpaired) electrons. The van der Waals surface area contributed by atoms with Crippen molar-refractivity contribution < 1.29 is 14.3 Å². The minimum absolute atomic E-state index is 0.0286. The smallest absolute Gasteiger partial charge is 0.227 e. The third kappa shape index (κ3) is 3.72. The van der Waals surface area contributed by atoms with Gasteiger partial charge in [-0.1, -0.05) is 35.9 Å². The van der Waals surface area contributed by atoms with Gasteiger partial charge in [-0.3, -0.25) is 4.79 Å².